The number of ether oxygens (including phenoxy) is 1. The molecule has 1 aliphatic heterocycles. The summed E-state index contributed by atoms with van der Waals surface area (Å²) in [6.45, 7) is 3.48. The van der Waals surface area contributed by atoms with Crippen molar-refractivity contribution >= 4 is 23.5 Å². The summed E-state index contributed by atoms with van der Waals surface area (Å²) in [5.74, 6) is -0.529. The molecule has 1 atom stereocenters. The predicted octanol–water partition coefficient (Wildman–Crippen LogP) is 1.64. The first-order valence-electron chi connectivity index (χ1n) is 7.00. The van der Waals surface area contributed by atoms with E-state index in [1.807, 2.05) is 4.90 Å². The molecule has 7 heteroatoms. The van der Waals surface area contributed by atoms with E-state index in [-0.39, 0.29) is 5.91 Å². The second-order valence-corrected chi connectivity index (χ2v) is 5.55. The van der Waals surface area contributed by atoms with E-state index in [1.165, 1.54) is 14.0 Å². The van der Waals surface area contributed by atoms with Crippen LogP contribution in [0.3, 0.4) is 0 Å². The van der Waals surface area contributed by atoms with E-state index < -0.39 is 12.0 Å². The van der Waals surface area contributed by atoms with E-state index in [0.717, 1.165) is 0 Å². The topological polar surface area (TPSA) is 70.1 Å². The Balaban J connectivity index is 2.29. The summed E-state index contributed by atoms with van der Waals surface area (Å²) in [7, 11) is 1.49. The summed E-state index contributed by atoms with van der Waals surface area (Å²) in [6.07, 6.45) is 0. The average Bonchev–Trinajstić information content (AvgIpc) is 2.49. The van der Waals surface area contributed by atoms with Crippen molar-refractivity contribution < 1.29 is 19.4 Å². The predicted molar refractivity (Wildman–Crippen MR) is 82.2 cm³/mol. The van der Waals surface area contributed by atoms with Gasteiger partial charge in [0.2, 0.25) is 5.91 Å². The number of carboxylic acids is 1. The van der Waals surface area contributed by atoms with Gasteiger partial charge in [0.15, 0.2) is 0 Å². The summed E-state index contributed by atoms with van der Waals surface area (Å²) in [4.78, 5) is 26.7. The highest BCUT2D eigenvalue weighted by Crippen LogP contribution is 2.36. The fraction of sp³-hybridized carbons (Fsp3) is 0.467. The van der Waals surface area contributed by atoms with Gasteiger partial charge in [-0.2, -0.15) is 0 Å². The van der Waals surface area contributed by atoms with Gasteiger partial charge in [0.1, 0.15) is 11.8 Å². The van der Waals surface area contributed by atoms with E-state index in [9.17, 15) is 14.7 Å². The maximum Gasteiger partial charge on any atom is 0.325 e. The first-order chi connectivity index (χ1) is 10.5. The molecule has 0 saturated carbocycles. The molecule has 1 amide bonds. The van der Waals surface area contributed by atoms with Crippen LogP contribution in [-0.4, -0.2) is 60.1 Å². The van der Waals surface area contributed by atoms with Gasteiger partial charge in [-0.25, -0.2) is 0 Å². The lowest BCUT2D eigenvalue weighted by molar-refractivity contribution is -0.145. The van der Waals surface area contributed by atoms with Crippen molar-refractivity contribution in [3.63, 3.8) is 0 Å². The van der Waals surface area contributed by atoms with Crippen molar-refractivity contribution in [1.29, 1.82) is 0 Å². The number of nitrogens with zero attached hydrogens (tertiary/aromatic N) is 2. The fourth-order valence-corrected chi connectivity index (χ4v) is 2.99. The Morgan fingerprint density at radius 3 is 2.41 bits per heavy atom. The molecule has 0 aromatic heterocycles. The number of aliphatic carboxylic acids is 1. The van der Waals surface area contributed by atoms with Gasteiger partial charge in [-0.05, 0) is 12.1 Å². The van der Waals surface area contributed by atoms with Gasteiger partial charge in [-0.1, -0.05) is 17.7 Å². The molecule has 1 aromatic carbocycles. The second-order valence-electron chi connectivity index (χ2n) is 5.14. The van der Waals surface area contributed by atoms with Gasteiger partial charge < -0.3 is 14.7 Å². The normalized spacial score (nSPS) is 17.1. The second kappa shape index (κ2) is 6.98. The number of piperazine rings is 1. The van der Waals surface area contributed by atoms with E-state index in [1.54, 1.807) is 23.1 Å². The molecule has 120 valence electrons. The van der Waals surface area contributed by atoms with E-state index in [0.29, 0.717) is 42.5 Å². The molecule has 0 bridgehead atoms. The highest BCUT2D eigenvalue weighted by molar-refractivity contribution is 6.31. The maximum atomic E-state index is 11.8. The molecule has 22 heavy (non-hydrogen) atoms. The quantitative estimate of drug-likeness (QED) is 0.911. The molecule has 0 spiro atoms. The van der Waals surface area contributed by atoms with Gasteiger partial charge >= 0.3 is 5.97 Å². The first-order valence-corrected chi connectivity index (χ1v) is 7.38. The first kappa shape index (κ1) is 16.6. The highest BCUT2D eigenvalue weighted by atomic mass is 35.5. The lowest BCUT2D eigenvalue weighted by Crippen LogP contribution is -2.50. The van der Waals surface area contributed by atoms with Gasteiger partial charge in [0, 0.05) is 43.7 Å². The minimum atomic E-state index is -0.984. The van der Waals surface area contributed by atoms with Crippen LogP contribution in [0.1, 0.15) is 18.5 Å². The number of hydrogen-bond donors (Lipinski definition) is 1. The number of rotatable bonds is 4. The summed E-state index contributed by atoms with van der Waals surface area (Å²) in [5.41, 5.74) is 0.454. The molecule has 1 N–H and O–H groups in total. The molecule has 2 rings (SSSR count). The zero-order chi connectivity index (χ0) is 16.3. The van der Waals surface area contributed by atoms with Crippen molar-refractivity contribution in [2.24, 2.45) is 0 Å². The molecular weight excluding hydrogens is 308 g/mol. The number of carboxylic acid groups (broad SMARTS) is 1. The molecule has 0 radical (unpaired) electrons. The molecule has 1 aliphatic rings. The summed E-state index contributed by atoms with van der Waals surface area (Å²) in [6, 6.07) is 4.18. The Hall–Kier alpha value is -1.79. The zero-order valence-corrected chi connectivity index (χ0v) is 13.3. The maximum absolute atomic E-state index is 11.8. The Morgan fingerprint density at radius 1 is 1.27 bits per heavy atom. The average molecular weight is 327 g/mol. The molecule has 1 fully saturated rings. The van der Waals surface area contributed by atoms with E-state index in [4.69, 9.17) is 16.3 Å². The van der Waals surface area contributed by atoms with Crippen LogP contribution >= 0.6 is 11.6 Å². The Labute approximate surface area is 134 Å². The van der Waals surface area contributed by atoms with Crippen molar-refractivity contribution in [2.75, 3.05) is 33.3 Å². The standard InChI is InChI=1S/C15H19ClN2O4/c1-10(19)17-6-8-18(9-7-17)14(15(20)21)13-11(16)4-3-5-12(13)22-2/h3-5,14H,6-9H2,1-2H3,(H,20,21)/t14-/m1/s1. The smallest absolute Gasteiger partial charge is 0.325 e. The lowest BCUT2D eigenvalue weighted by atomic mass is 10.0. The highest BCUT2D eigenvalue weighted by Gasteiger charge is 2.34. The summed E-state index contributed by atoms with van der Waals surface area (Å²) in [5, 5.41) is 10.0. The third-order valence-corrected chi connectivity index (χ3v) is 4.19. The number of halogens is 1. The van der Waals surface area contributed by atoms with Crippen LogP contribution in [-0.2, 0) is 9.59 Å². The molecule has 0 unspecified atom stereocenters. The molecule has 1 aromatic rings. The molecule has 1 heterocycles. The number of hydrogen-bond acceptors (Lipinski definition) is 4. The molecular formula is C15H19ClN2O4. The van der Waals surface area contributed by atoms with Crippen molar-refractivity contribution in [3.8, 4) is 5.75 Å². The molecule has 0 aliphatic carbocycles. The van der Waals surface area contributed by atoms with Crippen molar-refractivity contribution in [1.82, 2.24) is 9.80 Å². The SMILES string of the molecule is COc1cccc(Cl)c1[C@H](C(=O)O)N1CCN(C(C)=O)CC1. The van der Waals surface area contributed by atoms with Crippen LogP contribution in [0.2, 0.25) is 5.02 Å². The minimum absolute atomic E-state index is 0.00171. The van der Waals surface area contributed by atoms with E-state index >= 15 is 0 Å². The Bertz CT molecular complexity index is 571. The van der Waals surface area contributed by atoms with Crippen LogP contribution in [0.15, 0.2) is 18.2 Å². The third-order valence-electron chi connectivity index (χ3n) is 3.86. The minimum Gasteiger partial charge on any atom is -0.496 e. The number of carbonyl (C=O) groups is 2. The number of carbonyl (C=O) groups excluding carboxylic acids is 1. The number of methoxy groups -OCH3 is 1. The monoisotopic (exact) mass is 326 g/mol. The number of amides is 1. The Morgan fingerprint density at radius 2 is 1.91 bits per heavy atom. The fourth-order valence-electron chi connectivity index (χ4n) is 2.72. The third kappa shape index (κ3) is 3.34. The van der Waals surface area contributed by atoms with E-state index in [2.05, 4.69) is 0 Å². The van der Waals surface area contributed by atoms with Gasteiger partial charge in [-0.15, -0.1) is 0 Å². The summed E-state index contributed by atoms with van der Waals surface area (Å²) < 4.78 is 5.27. The van der Waals surface area contributed by atoms with Crippen molar-refractivity contribution in [3.05, 3.63) is 28.8 Å². The van der Waals surface area contributed by atoms with Gasteiger partial charge in [0.05, 0.1) is 7.11 Å². The van der Waals surface area contributed by atoms with Crippen molar-refractivity contribution in [2.45, 2.75) is 13.0 Å². The van der Waals surface area contributed by atoms with Gasteiger partial charge in [0.25, 0.3) is 0 Å². The molecule has 6 nitrogen and oxygen atoms in total. The van der Waals surface area contributed by atoms with Crippen LogP contribution in [0.5, 0.6) is 5.75 Å². The Kier molecular flexibility index (Phi) is 5.26. The van der Waals surface area contributed by atoms with Crippen LogP contribution < -0.4 is 4.74 Å². The summed E-state index contributed by atoms with van der Waals surface area (Å²) >= 11 is 6.21. The van der Waals surface area contributed by atoms with Gasteiger partial charge in [-0.3, -0.25) is 14.5 Å². The lowest BCUT2D eigenvalue weighted by Gasteiger charge is -2.37. The van der Waals surface area contributed by atoms with Crippen LogP contribution in [0.4, 0.5) is 0 Å². The molecule has 1 saturated heterocycles. The van der Waals surface area contributed by atoms with Crippen LogP contribution in [0.25, 0.3) is 0 Å². The van der Waals surface area contributed by atoms with Crippen LogP contribution in [0, 0.1) is 0 Å². The zero-order valence-electron chi connectivity index (χ0n) is 12.6. The largest absolute Gasteiger partial charge is 0.496 e. The number of benzene rings is 1.